The Kier molecular flexibility index (Phi) is 9.37. The van der Waals surface area contributed by atoms with E-state index < -0.39 is 24.2 Å². The Bertz CT molecular complexity index is 706. The Labute approximate surface area is 172 Å². The zero-order valence-electron chi connectivity index (χ0n) is 18.4. The van der Waals surface area contributed by atoms with Gasteiger partial charge in [0, 0.05) is 13.0 Å². The molecule has 0 atom stereocenters. The zero-order valence-corrected chi connectivity index (χ0v) is 20.2. The molecule has 1 aromatic carbocycles. The van der Waals surface area contributed by atoms with Gasteiger partial charge in [0.1, 0.15) is 0 Å². The lowest BCUT2D eigenvalue weighted by Crippen LogP contribution is -2.47. The molecule has 0 saturated carbocycles. The first-order chi connectivity index (χ1) is 12.9. The molecule has 0 heterocycles. The second kappa shape index (κ2) is 10.6. The molecule has 28 heavy (non-hydrogen) atoms. The smallest absolute Gasteiger partial charge is 0.264 e. The van der Waals surface area contributed by atoms with Crippen LogP contribution in [-0.2, 0) is 19.2 Å². The van der Waals surface area contributed by atoms with E-state index in [1.165, 1.54) is 12.1 Å². The molecule has 0 bridgehead atoms. The molecule has 1 N–H and O–H groups in total. The molecule has 0 fully saturated rings. The summed E-state index contributed by atoms with van der Waals surface area (Å²) in [5.41, 5.74) is 2.54. The summed E-state index contributed by atoms with van der Waals surface area (Å²) >= 11 is 0. The first-order valence-electron chi connectivity index (χ1n) is 10.2. The van der Waals surface area contributed by atoms with Gasteiger partial charge >= 0.3 is 0 Å². The molecular formula is C21H37NO4SSi. The lowest BCUT2D eigenvalue weighted by molar-refractivity contribution is -0.119. The van der Waals surface area contributed by atoms with E-state index in [9.17, 15) is 13.2 Å². The molecular weight excluding hydrogens is 390 g/mol. The third kappa shape index (κ3) is 6.42. The standard InChI is InChI=1S/C21H37NO4SSi/c1-16(2)28(17(3)4,18(5)6)26-15-9-8-10-21(23)22-27(24,25)20-13-11-19(7)12-14-20/h11-14,16-18H,8-10,15H2,1-7H3,(H,22,23). The number of hydrogen-bond donors (Lipinski definition) is 1. The lowest BCUT2D eigenvalue weighted by atomic mass is 10.2. The quantitative estimate of drug-likeness (QED) is 0.391. The van der Waals surface area contributed by atoms with Gasteiger partial charge < -0.3 is 4.43 Å². The van der Waals surface area contributed by atoms with Crippen LogP contribution >= 0.6 is 0 Å². The average Bonchev–Trinajstić information content (AvgIpc) is 2.56. The Morgan fingerprint density at radius 1 is 0.964 bits per heavy atom. The minimum Gasteiger partial charge on any atom is -0.416 e. The molecule has 0 unspecified atom stereocenters. The molecule has 0 aliphatic carbocycles. The van der Waals surface area contributed by atoms with Crippen molar-refractivity contribution in [1.29, 1.82) is 0 Å². The van der Waals surface area contributed by atoms with Crippen molar-refractivity contribution in [2.45, 2.75) is 89.2 Å². The summed E-state index contributed by atoms with van der Waals surface area (Å²) < 4.78 is 33.1. The number of unbranched alkanes of at least 4 members (excludes halogenated alkanes) is 1. The third-order valence-corrected chi connectivity index (χ3v) is 12.9. The molecule has 0 radical (unpaired) electrons. The van der Waals surface area contributed by atoms with Crippen molar-refractivity contribution < 1.29 is 17.6 Å². The van der Waals surface area contributed by atoms with Crippen LogP contribution in [0.1, 0.15) is 66.4 Å². The van der Waals surface area contributed by atoms with E-state index in [2.05, 4.69) is 46.3 Å². The van der Waals surface area contributed by atoms with E-state index in [4.69, 9.17) is 4.43 Å². The van der Waals surface area contributed by atoms with Crippen molar-refractivity contribution in [1.82, 2.24) is 4.72 Å². The van der Waals surface area contributed by atoms with Crippen molar-refractivity contribution in [3.8, 4) is 0 Å². The fraction of sp³-hybridized carbons (Fsp3) is 0.667. The Balaban J connectivity index is 2.51. The van der Waals surface area contributed by atoms with E-state index in [0.29, 0.717) is 29.7 Å². The highest BCUT2D eigenvalue weighted by Gasteiger charge is 2.44. The first kappa shape index (κ1) is 24.9. The first-order valence-corrected chi connectivity index (χ1v) is 13.8. The van der Waals surface area contributed by atoms with Crippen LogP contribution in [0.2, 0.25) is 16.6 Å². The van der Waals surface area contributed by atoms with Gasteiger partial charge in [-0.25, -0.2) is 13.1 Å². The van der Waals surface area contributed by atoms with E-state index in [0.717, 1.165) is 12.0 Å². The summed E-state index contributed by atoms with van der Waals surface area (Å²) in [4.78, 5) is 12.2. The van der Waals surface area contributed by atoms with Gasteiger partial charge in [0.05, 0.1) is 4.90 Å². The Morgan fingerprint density at radius 3 is 1.93 bits per heavy atom. The maximum absolute atomic E-state index is 12.2. The largest absolute Gasteiger partial charge is 0.416 e. The molecule has 0 aromatic heterocycles. The molecule has 0 spiro atoms. The lowest BCUT2D eigenvalue weighted by Gasteiger charge is -2.42. The number of nitrogens with one attached hydrogen (secondary N) is 1. The normalized spacial score (nSPS) is 12.8. The van der Waals surface area contributed by atoms with Crippen LogP contribution in [0, 0.1) is 6.92 Å². The van der Waals surface area contributed by atoms with E-state index in [1.807, 2.05) is 6.92 Å². The predicted molar refractivity (Wildman–Crippen MR) is 117 cm³/mol. The maximum atomic E-state index is 12.2. The summed E-state index contributed by atoms with van der Waals surface area (Å²) in [6, 6.07) is 6.44. The summed E-state index contributed by atoms with van der Waals surface area (Å²) in [6.45, 7) is 16.0. The van der Waals surface area contributed by atoms with E-state index in [1.54, 1.807) is 12.1 Å². The second-order valence-electron chi connectivity index (χ2n) is 8.46. The summed E-state index contributed by atoms with van der Waals surface area (Å²) in [6.07, 6.45) is 1.53. The van der Waals surface area contributed by atoms with Gasteiger partial charge in [-0.1, -0.05) is 59.2 Å². The van der Waals surface area contributed by atoms with Gasteiger partial charge in [0.2, 0.25) is 5.91 Å². The van der Waals surface area contributed by atoms with Gasteiger partial charge in [-0.2, -0.15) is 0 Å². The van der Waals surface area contributed by atoms with Gasteiger partial charge in [0.15, 0.2) is 8.32 Å². The molecule has 1 amide bonds. The van der Waals surface area contributed by atoms with Crippen LogP contribution in [0.25, 0.3) is 0 Å². The molecule has 160 valence electrons. The van der Waals surface area contributed by atoms with Crippen LogP contribution in [0.15, 0.2) is 29.2 Å². The topological polar surface area (TPSA) is 72.5 Å². The van der Waals surface area contributed by atoms with Gasteiger partial charge in [-0.3, -0.25) is 4.79 Å². The van der Waals surface area contributed by atoms with Crippen molar-refractivity contribution in [2.24, 2.45) is 0 Å². The van der Waals surface area contributed by atoms with Gasteiger partial charge in [0.25, 0.3) is 10.0 Å². The highest BCUT2D eigenvalue weighted by atomic mass is 32.2. The maximum Gasteiger partial charge on any atom is 0.264 e. The highest BCUT2D eigenvalue weighted by Crippen LogP contribution is 2.42. The molecule has 7 heteroatoms. The van der Waals surface area contributed by atoms with Gasteiger partial charge in [-0.15, -0.1) is 0 Å². The van der Waals surface area contributed by atoms with Crippen molar-refractivity contribution in [2.75, 3.05) is 6.61 Å². The number of carbonyl (C=O) groups excluding carboxylic acids is 1. The summed E-state index contributed by atoms with van der Waals surface area (Å²) in [5, 5.41) is 0. The van der Waals surface area contributed by atoms with Gasteiger partial charge in [-0.05, 0) is 48.5 Å². The highest BCUT2D eigenvalue weighted by molar-refractivity contribution is 7.90. The predicted octanol–water partition coefficient (Wildman–Crippen LogP) is 5.16. The number of amides is 1. The van der Waals surface area contributed by atoms with Crippen molar-refractivity contribution >= 4 is 24.2 Å². The zero-order chi connectivity index (χ0) is 21.5. The molecule has 0 aliphatic rings. The number of sulfonamides is 1. The van der Waals surface area contributed by atoms with Crippen LogP contribution in [0.5, 0.6) is 0 Å². The number of rotatable bonds is 11. The Morgan fingerprint density at radius 2 is 1.46 bits per heavy atom. The molecule has 1 aromatic rings. The van der Waals surface area contributed by atoms with Crippen LogP contribution in [0.3, 0.4) is 0 Å². The minimum atomic E-state index is -3.80. The molecule has 0 aliphatic heterocycles. The number of hydrogen-bond acceptors (Lipinski definition) is 4. The number of benzene rings is 1. The third-order valence-electron chi connectivity index (χ3n) is 5.44. The Hall–Kier alpha value is -1.18. The SMILES string of the molecule is Cc1ccc(S(=O)(=O)NC(=O)CCCCO[Si](C(C)C)(C(C)C)C(C)C)cc1. The van der Waals surface area contributed by atoms with Crippen LogP contribution in [-0.4, -0.2) is 29.2 Å². The number of aryl methyl sites for hydroxylation is 1. The fourth-order valence-electron chi connectivity index (χ4n) is 4.11. The monoisotopic (exact) mass is 427 g/mol. The minimum absolute atomic E-state index is 0.108. The van der Waals surface area contributed by atoms with E-state index in [-0.39, 0.29) is 11.3 Å². The molecule has 1 rings (SSSR count). The summed E-state index contributed by atoms with van der Waals surface area (Å²) in [5.74, 6) is -0.472. The average molecular weight is 428 g/mol. The number of carbonyl (C=O) groups is 1. The van der Waals surface area contributed by atoms with Crippen LogP contribution in [0.4, 0.5) is 0 Å². The fourth-order valence-corrected chi connectivity index (χ4v) is 10.6. The second-order valence-corrected chi connectivity index (χ2v) is 15.6. The van der Waals surface area contributed by atoms with Crippen molar-refractivity contribution in [3.63, 3.8) is 0 Å². The molecule has 0 saturated heterocycles. The van der Waals surface area contributed by atoms with E-state index >= 15 is 0 Å². The summed E-state index contributed by atoms with van der Waals surface area (Å²) in [7, 11) is -5.69. The molecule has 5 nitrogen and oxygen atoms in total. The van der Waals surface area contributed by atoms with Crippen molar-refractivity contribution in [3.05, 3.63) is 29.8 Å². The van der Waals surface area contributed by atoms with Crippen LogP contribution < -0.4 is 4.72 Å².